The van der Waals surface area contributed by atoms with Gasteiger partial charge in [0.15, 0.2) is 9.84 Å². The summed E-state index contributed by atoms with van der Waals surface area (Å²) in [6, 6.07) is 3.29. The molecule has 0 bridgehead atoms. The van der Waals surface area contributed by atoms with Crippen molar-refractivity contribution in [2.24, 2.45) is 0 Å². The first kappa shape index (κ1) is 13.9. The van der Waals surface area contributed by atoms with Crippen LogP contribution >= 0.6 is 0 Å². The van der Waals surface area contributed by atoms with E-state index in [1.165, 1.54) is 6.07 Å². The number of anilines is 1. The van der Waals surface area contributed by atoms with E-state index >= 15 is 0 Å². The minimum Gasteiger partial charge on any atom is -0.399 e. The fourth-order valence-corrected chi connectivity index (χ4v) is 2.48. The van der Waals surface area contributed by atoms with E-state index in [4.69, 9.17) is 10.5 Å². The fourth-order valence-electron chi connectivity index (χ4n) is 1.30. The number of halogens is 1. The van der Waals surface area contributed by atoms with E-state index in [1.807, 2.05) is 6.92 Å². The molecule has 6 heteroatoms. The van der Waals surface area contributed by atoms with E-state index in [0.29, 0.717) is 6.61 Å². The van der Waals surface area contributed by atoms with E-state index in [0.717, 1.165) is 18.6 Å². The first-order chi connectivity index (χ1) is 7.95. The van der Waals surface area contributed by atoms with E-state index in [1.54, 1.807) is 0 Å². The van der Waals surface area contributed by atoms with Crippen LogP contribution in [0.25, 0.3) is 0 Å². The summed E-state index contributed by atoms with van der Waals surface area (Å²) in [5, 5.41) is 0. The van der Waals surface area contributed by atoms with Crippen LogP contribution in [-0.4, -0.2) is 27.4 Å². The number of sulfone groups is 1. The molecule has 0 aliphatic rings. The third-order valence-corrected chi connectivity index (χ3v) is 3.76. The van der Waals surface area contributed by atoms with Gasteiger partial charge in [-0.2, -0.15) is 0 Å². The molecule has 1 aromatic rings. The lowest BCUT2D eigenvalue weighted by Crippen LogP contribution is -2.13. The second-order valence-corrected chi connectivity index (χ2v) is 5.76. The molecule has 0 fully saturated rings. The summed E-state index contributed by atoms with van der Waals surface area (Å²) in [5.41, 5.74) is 5.49. The summed E-state index contributed by atoms with van der Waals surface area (Å²) >= 11 is 0. The lowest BCUT2D eigenvalue weighted by Gasteiger charge is -2.06. The second-order valence-electron chi connectivity index (χ2n) is 3.65. The predicted octanol–water partition coefficient (Wildman–Crippen LogP) is 1.61. The average Bonchev–Trinajstić information content (AvgIpc) is 2.23. The molecule has 0 aromatic heterocycles. The van der Waals surface area contributed by atoms with Gasteiger partial charge in [-0.25, -0.2) is 12.8 Å². The zero-order chi connectivity index (χ0) is 12.9. The van der Waals surface area contributed by atoms with E-state index < -0.39 is 15.7 Å². The number of rotatable bonds is 6. The monoisotopic (exact) mass is 261 g/mol. The zero-order valence-corrected chi connectivity index (χ0v) is 10.5. The Hall–Kier alpha value is -1.14. The van der Waals surface area contributed by atoms with Crippen molar-refractivity contribution in [3.63, 3.8) is 0 Å². The van der Waals surface area contributed by atoms with E-state index in [-0.39, 0.29) is 22.9 Å². The molecule has 96 valence electrons. The van der Waals surface area contributed by atoms with Gasteiger partial charge in [-0.3, -0.25) is 0 Å². The summed E-state index contributed by atoms with van der Waals surface area (Å²) in [6.07, 6.45) is 0.826. The predicted molar refractivity (Wildman–Crippen MR) is 64.0 cm³/mol. The molecule has 0 aliphatic heterocycles. The number of hydrogen-bond donors (Lipinski definition) is 1. The van der Waals surface area contributed by atoms with Gasteiger partial charge in [0.25, 0.3) is 0 Å². The van der Waals surface area contributed by atoms with E-state index in [2.05, 4.69) is 0 Å². The Morgan fingerprint density at radius 2 is 2.00 bits per heavy atom. The Morgan fingerprint density at radius 3 is 2.59 bits per heavy atom. The molecule has 0 saturated heterocycles. The standard InChI is InChI=1S/C11H16FNO3S/c1-2-3-16-4-5-17(14,15)11-7-9(12)6-10(13)8-11/h6-8H,2-5,13H2,1H3. The van der Waals surface area contributed by atoms with E-state index in [9.17, 15) is 12.8 Å². The van der Waals surface area contributed by atoms with Gasteiger partial charge in [0.2, 0.25) is 0 Å². The molecule has 0 saturated carbocycles. The van der Waals surface area contributed by atoms with Crippen molar-refractivity contribution in [2.75, 3.05) is 24.7 Å². The summed E-state index contributed by atoms with van der Waals surface area (Å²) in [4.78, 5) is -0.102. The molecule has 17 heavy (non-hydrogen) atoms. The van der Waals surface area contributed by atoms with Crippen LogP contribution in [0.1, 0.15) is 13.3 Å². The highest BCUT2D eigenvalue weighted by molar-refractivity contribution is 7.91. The van der Waals surface area contributed by atoms with Crippen LogP contribution in [0.5, 0.6) is 0 Å². The molecule has 4 nitrogen and oxygen atoms in total. The van der Waals surface area contributed by atoms with Crippen molar-refractivity contribution in [1.29, 1.82) is 0 Å². The minimum atomic E-state index is -3.53. The van der Waals surface area contributed by atoms with Gasteiger partial charge in [-0.15, -0.1) is 0 Å². The topological polar surface area (TPSA) is 69.4 Å². The van der Waals surface area contributed by atoms with Crippen molar-refractivity contribution in [1.82, 2.24) is 0 Å². The van der Waals surface area contributed by atoms with Crippen LogP contribution in [0.15, 0.2) is 23.1 Å². The number of hydrogen-bond acceptors (Lipinski definition) is 4. The quantitative estimate of drug-likeness (QED) is 0.624. The highest BCUT2D eigenvalue weighted by atomic mass is 32.2. The van der Waals surface area contributed by atoms with Gasteiger partial charge in [0.1, 0.15) is 5.82 Å². The minimum absolute atomic E-state index is 0.0954. The summed E-state index contributed by atoms with van der Waals surface area (Å²) < 4.78 is 41.7. The second kappa shape index (κ2) is 5.97. The summed E-state index contributed by atoms with van der Waals surface area (Å²) in [6.45, 7) is 2.55. The molecule has 1 aromatic carbocycles. The lowest BCUT2D eigenvalue weighted by atomic mass is 10.3. The van der Waals surface area contributed by atoms with Crippen molar-refractivity contribution < 1.29 is 17.5 Å². The van der Waals surface area contributed by atoms with Crippen molar-refractivity contribution in [3.8, 4) is 0 Å². The van der Waals surface area contributed by atoms with Crippen molar-refractivity contribution >= 4 is 15.5 Å². The number of nitrogen functional groups attached to an aromatic ring is 1. The Kier molecular flexibility index (Phi) is 4.89. The molecule has 0 amide bonds. The van der Waals surface area contributed by atoms with Crippen LogP contribution in [0.2, 0.25) is 0 Å². The van der Waals surface area contributed by atoms with Gasteiger partial charge in [0.05, 0.1) is 17.3 Å². The maximum atomic E-state index is 13.0. The highest BCUT2D eigenvalue weighted by Gasteiger charge is 2.15. The molecule has 0 aliphatic carbocycles. The molecule has 1 rings (SSSR count). The smallest absolute Gasteiger partial charge is 0.180 e. The molecule has 0 unspecified atom stereocenters. The van der Waals surface area contributed by atoms with Crippen molar-refractivity contribution in [3.05, 3.63) is 24.0 Å². The SMILES string of the molecule is CCCOCCS(=O)(=O)c1cc(N)cc(F)c1. The Bertz CT molecular complexity index is 453. The number of nitrogens with two attached hydrogens (primary N) is 1. The molecule has 2 N–H and O–H groups in total. The zero-order valence-electron chi connectivity index (χ0n) is 9.65. The van der Waals surface area contributed by atoms with Gasteiger partial charge in [0, 0.05) is 12.3 Å². The third-order valence-electron chi connectivity index (χ3n) is 2.10. The number of ether oxygens (including phenoxy) is 1. The third kappa shape index (κ3) is 4.32. The first-order valence-corrected chi connectivity index (χ1v) is 6.97. The Morgan fingerprint density at radius 1 is 1.29 bits per heavy atom. The summed E-state index contributed by atoms with van der Waals surface area (Å²) in [5.74, 6) is -0.825. The Balaban J connectivity index is 2.75. The van der Waals surface area contributed by atoms with Gasteiger partial charge in [-0.1, -0.05) is 6.92 Å². The lowest BCUT2D eigenvalue weighted by molar-refractivity contribution is 0.149. The van der Waals surface area contributed by atoms with Crippen LogP contribution in [0.3, 0.4) is 0 Å². The fraction of sp³-hybridized carbons (Fsp3) is 0.455. The molecular formula is C11H16FNO3S. The molecule has 0 radical (unpaired) electrons. The highest BCUT2D eigenvalue weighted by Crippen LogP contribution is 2.17. The first-order valence-electron chi connectivity index (χ1n) is 5.32. The number of benzene rings is 1. The normalized spacial score (nSPS) is 11.6. The summed E-state index contributed by atoms with van der Waals surface area (Å²) in [7, 11) is -3.53. The van der Waals surface area contributed by atoms with Gasteiger partial charge >= 0.3 is 0 Å². The maximum Gasteiger partial charge on any atom is 0.180 e. The van der Waals surface area contributed by atoms with Crippen LogP contribution in [0.4, 0.5) is 10.1 Å². The van der Waals surface area contributed by atoms with Crippen LogP contribution < -0.4 is 5.73 Å². The largest absolute Gasteiger partial charge is 0.399 e. The van der Waals surface area contributed by atoms with Crippen LogP contribution in [0, 0.1) is 5.82 Å². The molecular weight excluding hydrogens is 245 g/mol. The average molecular weight is 261 g/mol. The van der Waals surface area contributed by atoms with Crippen LogP contribution in [-0.2, 0) is 14.6 Å². The maximum absolute atomic E-state index is 13.0. The Labute approximate surface area is 101 Å². The molecule has 0 spiro atoms. The molecule has 0 atom stereocenters. The molecule has 0 heterocycles. The van der Waals surface area contributed by atoms with Crippen molar-refractivity contribution in [2.45, 2.75) is 18.2 Å². The van der Waals surface area contributed by atoms with Gasteiger partial charge in [-0.05, 0) is 24.6 Å². The van der Waals surface area contributed by atoms with Gasteiger partial charge < -0.3 is 10.5 Å².